The van der Waals surface area contributed by atoms with Crippen molar-refractivity contribution < 1.29 is 9.21 Å². The minimum absolute atomic E-state index is 0.162. The lowest BCUT2D eigenvalue weighted by Gasteiger charge is -2.12. The van der Waals surface area contributed by atoms with E-state index < -0.39 is 0 Å². The van der Waals surface area contributed by atoms with Crippen LogP contribution in [0.25, 0.3) is 0 Å². The predicted molar refractivity (Wildman–Crippen MR) is 70.5 cm³/mol. The molecule has 1 unspecified atom stereocenters. The van der Waals surface area contributed by atoms with Crippen LogP contribution in [0.4, 0.5) is 10.5 Å². The van der Waals surface area contributed by atoms with Gasteiger partial charge in [0.2, 0.25) is 0 Å². The molecule has 0 aliphatic rings. The third kappa shape index (κ3) is 3.13. The molecule has 2 amide bonds. The van der Waals surface area contributed by atoms with Crippen molar-refractivity contribution in [2.24, 2.45) is 0 Å². The average Bonchev–Trinajstić information content (AvgIpc) is 2.81. The number of anilines is 1. The summed E-state index contributed by atoms with van der Waals surface area (Å²) in [5.74, 6) is 0.731. The molecule has 2 N–H and O–H groups in total. The average molecular weight is 244 g/mol. The van der Waals surface area contributed by atoms with E-state index in [9.17, 15) is 4.79 Å². The van der Waals surface area contributed by atoms with E-state index in [4.69, 9.17) is 4.42 Å². The molecule has 18 heavy (non-hydrogen) atoms. The topological polar surface area (TPSA) is 54.3 Å². The minimum Gasteiger partial charge on any atom is -0.467 e. The number of hydrogen-bond donors (Lipinski definition) is 2. The first kappa shape index (κ1) is 12.2. The van der Waals surface area contributed by atoms with Crippen LogP contribution in [0.3, 0.4) is 0 Å². The Kier molecular flexibility index (Phi) is 3.67. The summed E-state index contributed by atoms with van der Waals surface area (Å²) < 4.78 is 5.22. The van der Waals surface area contributed by atoms with Crippen LogP contribution < -0.4 is 10.6 Å². The Bertz CT molecular complexity index is 520. The van der Waals surface area contributed by atoms with E-state index in [0.717, 1.165) is 17.0 Å². The number of carbonyl (C=O) groups excluding carboxylic acids is 1. The number of carbonyl (C=O) groups is 1. The molecule has 2 aromatic rings. The fourth-order valence-electron chi connectivity index (χ4n) is 1.70. The van der Waals surface area contributed by atoms with Crippen LogP contribution in [0.5, 0.6) is 0 Å². The van der Waals surface area contributed by atoms with Gasteiger partial charge < -0.3 is 15.1 Å². The number of aryl methyl sites for hydroxylation is 1. The van der Waals surface area contributed by atoms with Gasteiger partial charge in [-0.05, 0) is 43.7 Å². The molecule has 4 nitrogen and oxygen atoms in total. The summed E-state index contributed by atoms with van der Waals surface area (Å²) in [5, 5.41) is 5.59. The predicted octanol–water partition coefficient (Wildman–Crippen LogP) is 3.47. The van der Waals surface area contributed by atoms with Crippen molar-refractivity contribution in [1.29, 1.82) is 0 Å². The fraction of sp³-hybridized carbons (Fsp3) is 0.214. The molecule has 0 aliphatic heterocycles. The van der Waals surface area contributed by atoms with Gasteiger partial charge in [0.25, 0.3) is 0 Å². The monoisotopic (exact) mass is 244 g/mol. The van der Waals surface area contributed by atoms with Crippen LogP contribution in [-0.4, -0.2) is 6.03 Å². The van der Waals surface area contributed by atoms with E-state index in [0.29, 0.717) is 0 Å². The second-order valence-electron chi connectivity index (χ2n) is 4.21. The molecule has 4 heteroatoms. The molecule has 1 aromatic carbocycles. The van der Waals surface area contributed by atoms with Gasteiger partial charge in [-0.3, -0.25) is 0 Å². The van der Waals surface area contributed by atoms with Gasteiger partial charge in [0.05, 0.1) is 12.3 Å². The van der Waals surface area contributed by atoms with Crippen molar-refractivity contribution in [1.82, 2.24) is 5.32 Å². The molecular weight excluding hydrogens is 228 g/mol. The standard InChI is InChI=1S/C14H16N2O2/c1-10-5-3-6-12(9-10)16-14(17)15-11(2)13-7-4-8-18-13/h3-9,11H,1-2H3,(H2,15,16,17). The summed E-state index contributed by atoms with van der Waals surface area (Å²) in [5.41, 5.74) is 1.88. The number of benzene rings is 1. The van der Waals surface area contributed by atoms with E-state index in [1.807, 2.05) is 44.2 Å². The van der Waals surface area contributed by atoms with Crippen molar-refractivity contribution in [2.45, 2.75) is 19.9 Å². The molecule has 2 rings (SSSR count). The fourth-order valence-corrected chi connectivity index (χ4v) is 1.70. The Morgan fingerprint density at radius 2 is 2.11 bits per heavy atom. The Morgan fingerprint density at radius 1 is 1.28 bits per heavy atom. The molecule has 94 valence electrons. The maximum atomic E-state index is 11.8. The maximum Gasteiger partial charge on any atom is 0.319 e. The Balaban J connectivity index is 1.93. The minimum atomic E-state index is -0.246. The molecule has 1 aromatic heterocycles. The van der Waals surface area contributed by atoms with Crippen molar-refractivity contribution in [3.05, 3.63) is 54.0 Å². The lowest BCUT2D eigenvalue weighted by atomic mass is 10.2. The molecule has 1 atom stereocenters. The number of furan rings is 1. The summed E-state index contributed by atoms with van der Waals surface area (Å²) >= 11 is 0. The highest BCUT2D eigenvalue weighted by Crippen LogP contribution is 2.13. The van der Waals surface area contributed by atoms with Gasteiger partial charge in [0.15, 0.2) is 0 Å². The maximum absolute atomic E-state index is 11.8. The van der Waals surface area contributed by atoms with E-state index in [2.05, 4.69) is 10.6 Å². The third-order valence-electron chi connectivity index (χ3n) is 2.59. The number of rotatable bonds is 3. The highest BCUT2D eigenvalue weighted by atomic mass is 16.3. The first-order valence-corrected chi connectivity index (χ1v) is 5.83. The Morgan fingerprint density at radius 3 is 2.78 bits per heavy atom. The van der Waals surface area contributed by atoms with E-state index in [-0.39, 0.29) is 12.1 Å². The van der Waals surface area contributed by atoms with E-state index >= 15 is 0 Å². The molecule has 1 heterocycles. The van der Waals surface area contributed by atoms with E-state index in [1.54, 1.807) is 12.3 Å². The van der Waals surface area contributed by atoms with E-state index in [1.165, 1.54) is 0 Å². The summed E-state index contributed by atoms with van der Waals surface area (Å²) in [6.45, 7) is 3.85. The first-order chi connectivity index (χ1) is 8.65. The van der Waals surface area contributed by atoms with Gasteiger partial charge in [-0.15, -0.1) is 0 Å². The molecule has 0 spiro atoms. The SMILES string of the molecule is Cc1cccc(NC(=O)NC(C)c2ccco2)c1. The molecule has 0 bridgehead atoms. The van der Waals surface area contributed by atoms with Crippen LogP contribution in [0, 0.1) is 6.92 Å². The number of nitrogens with one attached hydrogen (secondary N) is 2. The second-order valence-corrected chi connectivity index (χ2v) is 4.21. The summed E-state index contributed by atoms with van der Waals surface area (Å²) in [7, 11) is 0. The summed E-state index contributed by atoms with van der Waals surface area (Å²) in [6, 6.07) is 10.9. The highest BCUT2D eigenvalue weighted by molar-refractivity contribution is 5.89. The van der Waals surface area contributed by atoms with Crippen LogP contribution in [0.1, 0.15) is 24.3 Å². The van der Waals surface area contributed by atoms with Gasteiger partial charge in [-0.1, -0.05) is 12.1 Å². The van der Waals surface area contributed by atoms with Gasteiger partial charge in [-0.25, -0.2) is 4.79 Å². The lowest BCUT2D eigenvalue weighted by Crippen LogP contribution is -2.30. The van der Waals surface area contributed by atoms with Crippen LogP contribution in [0.15, 0.2) is 47.1 Å². The van der Waals surface area contributed by atoms with Crippen LogP contribution in [-0.2, 0) is 0 Å². The van der Waals surface area contributed by atoms with Gasteiger partial charge >= 0.3 is 6.03 Å². The molecule has 0 saturated heterocycles. The molecule has 0 aliphatic carbocycles. The normalized spacial score (nSPS) is 11.9. The van der Waals surface area contributed by atoms with Gasteiger partial charge in [-0.2, -0.15) is 0 Å². The smallest absolute Gasteiger partial charge is 0.319 e. The first-order valence-electron chi connectivity index (χ1n) is 5.83. The lowest BCUT2D eigenvalue weighted by molar-refractivity contribution is 0.247. The van der Waals surface area contributed by atoms with Crippen LogP contribution in [0.2, 0.25) is 0 Å². The zero-order valence-electron chi connectivity index (χ0n) is 10.4. The highest BCUT2D eigenvalue weighted by Gasteiger charge is 2.11. The quantitative estimate of drug-likeness (QED) is 0.868. The number of urea groups is 1. The van der Waals surface area contributed by atoms with Gasteiger partial charge in [0, 0.05) is 5.69 Å². The van der Waals surface area contributed by atoms with Crippen molar-refractivity contribution in [3.8, 4) is 0 Å². The summed E-state index contributed by atoms with van der Waals surface area (Å²) in [4.78, 5) is 11.8. The summed E-state index contributed by atoms with van der Waals surface area (Å²) in [6.07, 6.45) is 1.59. The largest absolute Gasteiger partial charge is 0.467 e. The van der Waals surface area contributed by atoms with Crippen molar-refractivity contribution in [2.75, 3.05) is 5.32 Å². The zero-order chi connectivity index (χ0) is 13.0. The Labute approximate surface area is 106 Å². The Hall–Kier alpha value is -2.23. The van der Waals surface area contributed by atoms with Crippen LogP contribution >= 0.6 is 0 Å². The third-order valence-corrected chi connectivity index (χ3v) is 2.59. The van der Waals surface area contributed by atoms with Crippen molar-refractivity contribution >= 4 is 11.7 Å². The molecule has 0 fully saturated rings. The molecule has 0 radical (unpaired) electrons. The van der Waals surface area contributed by atoms with Crippen molar-refractivity contribution in [3.63, 3.8) is 0 Å². The second kappa shape index (κ2) is 5.40. The number of hydrogen-bond acceptors (Lipinski definition) is 2. The van der Waals surface area contributed by atoms with Gasteiger partial charge in [0.1, 0.15) is 5.76 Å². The molecule has 0 saturated carbocycles. The molecular formula is C14H16N2O2. The number of amides is 2. The zero-order valence-corrected chi connectivity index (χ0v) is 10.4.